The molecule has 1 heterocycles. The van der Waals surface area contributed by atoms with Crippen LogP contribution < -0.4 is 10.6 Å². The first-order valence-electron chi connectivity index (χ1n) is 10.2. The second-order valence-electron chi connectivity index (χ2n) is 7.08. The lowest BCUT2D eigenvalue weighted by atomic mass is 10.2. The molecule has 1 atom stereocenters. The second-order valence-corrected chi connectivity index (χ2v) is 9.20. The Hall–Kier alpha value is -1.68. The molecule has 0 amide bonds. The third kappa shape index (κ3) is 7.58. The Morgan fingerprint density at radius 3 is 2.79 bits per heavy atom. The summed E-state index contributed by atoms with van der Waals surface area (Å²) in [7, 11) is -0.446. The lowest BCUT2D eigenvalue weighted by Crippen LogP contribution is -2.38. The average Bonchev–Trinajstić information content (AvgIpc) is 3.22. The van der Waals surface area contributed by atoms with Gasteiger partial charge >= 0.3 is 0 Å². The summed E-state index contributed by atoms with van der Waals surface area (Å²) in [6.07, 6.45) is 3.31. The maximum Gasteiger partial charge on any atom is 0.242 e. The third-order valence-corrected chi connectivity index (χ3v) is 6.48. The van der Waals surface area contributed by atoms with E-state index in [0.29, 0.717) is 24.7 Å². The highest BCUT2D eigenvalue weighted by Crippen LogP contribution is 2.19. The first kappa shape index (κ1) is 23.6. The Morgan fingerprint density at radius 2 is 2.10 bits per heavy atom. The van der Waals surface area contributed by atoms with E-state index in [1.807, 2.05) is 13.0 Å². The molecule has 1 aliphatic heterocycles. The topological polar surface area (TPSA) is 92.3 Å². The molecule has 164 valence electrons. The molecular weight excluding hydrogens is 392 g/mol. The number of ether oxygens (including phenoxy) is 2. The minimum absolute atomic E-state index is 0.250. The molecule has 8 nitrogen and oxygen atoms in total. The summed E-state index contributed by atoms with van der Waals surface area (Å²) in [5.74, 6) is 0.656. The Labute approximate surface area is 174 Å². The van der Waals surface area contributed by atoms with Gasteiger partial charge in [-0.25, -0.2) is 17.7 Å². The normalized spacial score (nSPS) is 17.7. The number of nitrogens with one attached hydrogen (secondary N) is 2. The van der Waals surface area contributed by atoms with Crippen molar-refractivity contribution in [3.8, 4) is 0 Å². The zero-order valence-corrected chi connectivity index (χ0v) is 18.5. The lowest BCUT2D eigenvalue weighted by Gasteiger charge is -2.15. The SMILES string of the molecule is CCNC(=NCc1ccccc1S(=O)(=O)N(C)C)NCCCOCC1CCCO1. The van der Waals surface area contributed by atoms with E-state index in [4.69, 9.17) is 9.47 Å². The van der Waals surface area contributed by atoms with Crippen molar-refractivity contribution in [3.63, 3.8) is 0 Å². The highest BCUT2D eigenvalue weighted by atomic mass is 32.2. The number of rotatable bonds is 11. The van der Waals surface area contributed by atoms with Crippen LogP contribution in [0.2, 0.25) is 0 Å². The number of hydrogen-bond donors (Lipinski definition) is 2. The number of guanidine groups is 1. The Kier molecular flexibility index (Phi) is 9.86. The summed E-state index contributed by atoms with van der Waals surface area (Å²) >= 11 is 0. The third-order valence-electron chi connectivity index (χ3n) is 4.57. The molecule has 9 heteroatoms. The fraction of sp³-hybridized carbons (Fsp3) is 0.650. The average molecular weight is 427 g/mol. The molecule has 1 saturated heterocycles. The molecule has 1 aliphatic rings. The molecule has 1 fully saturated rings. The Morgan fingerprint density at radius 1 is 1.31 bits per heavy atom. The first-order chi connectivity index (χ1) is 13.9. The predicted octanol–water partition coefficient (Wildman–Crippen LogP) is 1.58. The van der Waals surface area contributed by atoms with Crippen LogP contribution in [0.4, 0.5) is 0 Å². The van der Waals surface area contributed by atoms with Crippen LogP contribution >= 0.6 is 0 Å². The number of nitrogens with zero attached hydrogens (tertiary/aromatic N) is 2. The molecule has 0 saturated carbocycles. The standard InChI is InChI=1S/C20H34N4O4S/c1-4-21-20(22-12-8-13-27-16-18-10-7-14-28-18)23-15-17-9-5-6-11-19(17)29(25,26)24(2)3/h5-6,9,11,18H,4,7-8,10,12-16H2,1-3H3,(H2,21,22,23). The maximum absolute atomic E-state index is 12.5. The number of sulfonamides is 1. The highest BCUT2D eigenvalue weighted by Gasteiger charge is 2.20. The van der Waals surface area contributed by atoms with E-state index in [1.165, 1.54) is 18.4 Å². The van der Waals surface area contributed by atoms with Gasteiger partial charge in [-0.1, -0.05) is 18.2 Å². The van der Waals surface area contributed by atoms with Crippen molar-refractivity contribution in [2.24, 2.45) is 4.99 Å². The van der Waals surface area contributed by atoms with Gasteiger partial charge in [0.05, 0.1) is 24.2 Å². The molecule has 0 aliphatic carbocycles. The van der Waals surface area contributed by atoms with Crippen molar-refractivity contribution in [2.45, 2.75) is 43.7 Å². The first-order valence-corrected chi connectivity index (χ1v) is 11.6. The fourth-order valence-corrected chi connectivity index (χ4v) is 4.07. The van der Waals surface area contributed by atoms with Gasteiger partial charge in [0.15, 0.2) is 5.96 Å². The summed E-state index contributed by atoms with van der Waals surface area (Å²) in [5.41, 5.74) is 0.665. The molecule has 0 aromatic heterocycles. The van der Waals surface area contributed by atoms with Crippen molar-refractivity contribution >= 4 is 16.0 Å². The monoisotopic (exact) mass is 426 g/mol. The molecule has 1 unspecified atom stereocenters. The van der Waals surface area contributed by atoms with Gasteiger partial charge in [-0.05, 0) is 37.8 Å². The zero-order chi connectivity index (χ0) is 21.1. The van der Waals surface area contributed by atoms with Crippen molar-refractivity contribution in [3.05, 3.63) is 29.8 Å². The largest absolute Gasteiger partial charge is 0.379 e. The molecule has 0 spiro atoms. The molecule has 2 rings (SSSR count). The molecular formula is C20H34N4O4S. The van der Waals surface area contributed by atoms with Crippen LogP contribution in [-0.2, 0) is 26.0 Å². The van der Waals surface area contributed by atoms with Gasteiger partial charge in [-0.3, -0.25) is 0 Å². The van der Waals surface area contributed by atoms with Crippen LogP contribution in [0.3, 0.4) is 0 Å². The van der Waals surface area contributed by atoms with Crippen LogP contribution in [0.15, 0.2) is 34.2 Å². The van der Waals surface area contributed by atoms with Crippen LogP contribution in [-0.4, -0.2) is 71.8 Å². The van der Waals surface area contributed by atoms with E-state index in [-0.39, 0.29) is 17.5 Å². The van der Waals surface area contributed by atoms with Crippen LogP contribution in [0.5, 0.6) is 0 Å². The van der Waals surface area contributed by atoms with Gasteiger partial charge in [-0.15, -0.1) is 0 Å². The predicted molar refractivity (Wildman–Crippen MR) is 115 cm³/mol. The van der Waals surface area contributed by atoms with E-state index in [9.17, 15) is 8.42 Å². The van der Waals surface area contributed by atoms with Crippen molar-refractivity contribution in [1.29, 1.82) is 0 Å². The van der Waals surface area contributed by atoms with E-state index in [0.717, 1.165) is 39.0 Å². The van der Waals surface area contributed by atoms with E-state index >= 15 is 0 Å². The summed E-state index contributed by atoms with van der Waals surface area (Å²) in [5, 5.41) is 6.46. The van der Waals surface area contributed by atoms with Gasteiger partial charge in [0.25, 0.3) is 0 Å². The van der Waals surface area contributed by atoms with Gasteiger partial charge < -0.3 is 20.1 Å². The Balaban J connectivity index is 1.85. The van der Waals surface area contributed by atoms with E-state index in [2.05, 4.69) is 15.6 Å². The lowest BCUT2D eigenvalue weighted by molar-refractivity contribution is 0.0168. The number of benzene rings is 1. The number of hydrogen-bond acceptors (Lipinski definition) is 5. The van der Waals surface area contributed by atoms with Gasteiger partial charge in [-0.2, -0.15) is 0 Å². The number of aliphatic imine (C=N–C) groups is 1. The molecule has 1 aromatic rings. The van der Waals surface area contributed by atoms with Crippen LogP contribution in [0, 0.1) is 0 Å². The fourth-order valence-electron chi connectivity index (χ4n) is 2.96. The molecule has 2 N–H and O–H groups in total. The minimum atomic E-state index is -3.51. The second kappa shape index (κ2) is 12.1. The minimum Gasteiger partial charge on any atom is -0.379 e. The summed E-state index contributed by atoms with van der Waals surface area (Å²) in [4.78, 5) is 4.83. The summed E-state index contributed by atoms with van der Waals surface area (Å²) in [6, 6.07) is 6.96. The van der Waals surface area contributed by atoms with Crippen molar-refractivity contribution in [2.75, 3.05) is 47.0 Å². The zero-order valence-electron chi connectivity index (χ0n) is 17.7. The molecule has 0 radical (unpaired) electrons. The van der Waals surface area contributed by atoms with Gasteiger partial charge in [0.1, 0.15) is 0 Å². The van der Waals surface area contributed by atoms with E-state index in [1.54, 1.807) is 18.2 Å². The van der Waals surface area contributed by atoms with Crippen LogP contribution in [0.1, 0.15) is 31.7 Å². The summed E-state index contributed by atoms with van der Waals surface area (Å²) < 4.78 is 37.5. The molecule has 29 heavy (non-hydrogen) atoms. The summed E-state index contributed by atoms with van der Waals surface area (Å²) in [6.45, 7) is 5.87. The van der Waals surface area contributed by atoms with Gasteiger partial charge in [0.2, 0.25) is 10.0 Å². The quantitative estimate of drug-likeness (QED) is 0.317. The van der Waals surface area contributed by atoms with Gasteiger partial charge in [0, 0.05) is 40.4 Å². The highest BCUT2D eigenvalue weighted by molar-refractivity contribution is 7.89. The maximum atomic E-state index is 12.5. The smallest absolute Gasteiger partial charge is 0.242 e. The van der Waals surface area contributed by atoms with E-state index < -0.39 is 10.0 Å². The molecule has 0 bridgehead atoms. The molecule has 1 aromatic carbocycles. The van der Waals surface area contributed by atoms with Crippen LogP contribution in [0.25, 0.3) is 0 Å². The Bertz CT molecular complexity index is 747. The van der Waals surface area contributed by atoms with Crippen molar-refractivity contribution in [1.82, 2.24) is 14.9 Å². The van der Waals surface area contributed by atoms with Crippen molar-refractivity contribution < 1.29 is 17.9 Å².